The Hall–Kier alpha value is -2.31. The molecule has 5 nitrogen and oxygen atoms in total. The van der Waals surface area contributed by atoms with Crippen molar-refractivity contribution in [2.75, 3.05) is 10.7 Å². The van der Waals surface area contributed by atoms with E-state index in [9.17, 15) is 4.79 Å². The second-order valence-electron chi connectivity index (χ2n) is 6.79. The van der Waals surface area contributed by atoms with Crippen LogP contribution in [0.5, 0.6) is 0 Å². The molecule has 1 amide bonds. The molecule has 2 aromatic carbocycles. The molecule has 0 N–H and O–H groups in total. The molecule has 4 rings (SSSR count). The first-order valence-electron chi connectivity index (χ1n) is 9.30. The van der Waals surface area contributed by atoms with Gasteiger partial charge in [0.15, 0.2) is 11.0 Å². The third kappa shape index (κ3) is 3.54. The van der Waals surface area contributed by atoms with Gasteiger partial charge in [0.25, 0.3) is 0 Å². The monoisotopic (exact) mass is 412 g/mol. The van der Waals surface area contributed by atoms with E-state index >= 15 is 0 Å². The second kappa shape index (κ2) is 7.97. The van der Waals surface area contributed by atoms with E-state index in [1.165, 1.54) is 17.3 Å². The van der Waals surface area contributed by atoms with Crippen molar-refractivity contribution in [1.82, 2.24) is 14.8 Å². The molecule has 0 saturated carbocycles. The maximum Gasteiger partial charge on any atom is 0.237 e. The van der Waals surface area contributed by atoms with Crippen molar-refractivity contribution in [2.45, 2.75) is 38.0 Å². The number of thioether (sulfide) groups is 1. The highest BCUT2D eigenvalue weighted by Gasteiger charge is 2.30. The fraction of sp³-hybridized carbons (Fsp3) is 0.286. The summed E-state index contributed by atoms with van der Waals surface area (Å²) >= 11 is 7.42. The molecule has 1 aliphatic rings. The highest BCUT2D eigenvalue weighted by Crippen LogP contribution is 2.33. The molecule has 144 valence electrons. The van der Waals surface area contributed by atoms with Crippen molar-refractivity contribution in [3.05, 3.63) is 59.1 Å². The van der Waals surface area contributed by atoms with E-state index < -0.39 is 0 Å². The molecule has 0 spiro atoms. The Morgan fingerprint density at radius 2 is 1.93 bits per heavy atom. The van der Waals surface area contributed by atoms with Crippen LogP contribution in [0.25, 0.3) is 11.4 Å². The van der Waals surface area contributed by atoms with E-state index in [-0.39, 0.29) is 11.9 Å². The lowest BCUT2D eigenvalue weighted by Crippen LogP contribution is -2.37. The van der Waals surface area contributed by atoms with Gasteiger partial charge in [-0.05, 0) is 56.2 Å². The fourth-order valence-electron chi connectivity index (χ4n) is 3.63. The Morgan fingerprint density at radius 3 is 2.68 bits per heavy atom. The molecule has 1 atom stereocenters. The molecule has 7 heteroatoms. The van der Waals surface area contributed by atoms with Gasteiger partial charge < -0.3 is 9.47 Å². The lowest BCUT2D eigenvalue weighted by molar-refractivity contribution is -0.116. The van der Waals surface area contributed by atoms with Crippen LogP contribution in [0.4, 0.5) is 5.69 Å². The molecular weight excluding hydrogens is 392 g/mol. The van der Waals surface area contributed by atoms with Gasteiger partial charge in [-0.3, -0.25) is 4.79 Å². The van der Waals surface area contributed by atoms with Gasteiger partial charge in [0, 0.05) is 28.9 Å². The van der Waals surface area contributed by atoms with Crippen molar-refractivity contribution in [3.63, 3.8) is 0 Å². The van der Waals surface area contributed by atoms with Crippen LogP contribution in [-0.4, -0.2) is 32.5 Å². The predicted molar refractivity (Wildman–Crippen MR) is 114 cm³/mol. The molecule has 0 unspecified atom stereocenters. The number of rotatable bonds is 5. The molecule has 3 aromatic rings. The highest BCUT2D eigenvalue weighted by molar-refractivity contribution is 7.99. The van der Waals surface area contributed by atoms with E-state index in [4.69, 9.17) is 11.6 Å². The minimum absolute atomic E-state index is 0.0983. The molecule has 0 aliphatic carbocycles. The van der Waals surface area contributed by atoms with Gasteiger partial charge in [-0.1, -0.05) is 41.6 Å². The van der Waals surface area contributed by atoms with Crippen molar-refractivity contribution in [3.8, 4) is 11.4 Å². The van der Waals surface area contributed by atoms with Crippen LogP contribution in [0.3, 0.4) is 0 Å². The number of para-hydroxylation sites is 1. The van der Waals surface area contributed by atoms with Crippen LogP contribution >= 0.6 is 23.4 Å². The van der Waals surface area contributed by atoms with E-state index in [0.717, 1.165) is 35.2 Å². The van der Waals surface area contributed by atoms with E-state index in [2.05, 4.69) is 23.2 Å². The van der Waals surface area contributed by atoms with Gasteiger partial charge in [-0.2, -0.15) is 0 Å². The molecule has 1 aromatic heterocycles. The van der Waals surface area contributed by atoms with Gasteiger partial charge >= 0.3 is 0 Å². The summed E-state index contributed by atoms with van der Waals surface area (Å²) in [5.41, 5.74) is 3.22. The maximum atomic E-state index is 12.9. The molecule has 1 aliphatic heterocycles. The van der Waals surface area contributed by atoms with Crippen LogP contribution in [0.1, 0.15) is 19.4 Å². The van der Waals surface area contributed by atoms with Crippen LogP contribution in [0, 0.1) is 0 Å². The molecular formula is C21H21ClN4OS. The quantitative estimate of drug-likeness (QED) is 0.570. The minimum Gasteiger partial charge on any atom is -0.308 e. The SMILES string of the molecule is CCn1c(SCC(=O)N2c3ccccc3C[C@H]2C)nnc1-c1ccc(Cl)cc1. The van der Waals surface area contributed by atoms with Crippen molar-refractivity contribution in [2.24, 2.45) is 0 Å². The Labute approximate surface area is 173 Å². The Kier molecular flexibility index (Phi) is 5.42. The summed E-state index contributed by atoms with van der Waals surface area (Å²) in [5.74, 6) is 1.22. The van der Waals surface area contributed by atoms with E-state index in [1.54, 1.807) is 0 Å². The van der Waals surface area contributed by atoms with Crippen molar-refractivity contribution >= 4 is 35.0 Å². The second-order valence-corrected chi connectivity index (χ2v) is 8.17. The maximum absolute atomic E-state index is 12.9. The number of carbonyl (C=O) groups is 1. The first-order chi connectivity index (χ1) is 13.6. The Balaban J connectivity index is 1.51. The predicted octanol–water partition coefficient (Wildman–Crippen LogP) is 4.69. The summed E-state index contributed by atoms with van der Waals surface area (Å²) in [4.78, 5) is 14.9. The summed E-state index contributed by atoms with van der Waals surface area (Å²) in [5, 5.41) is 10.1. The largest absolute Gasteiger partial charge is 0.308 e. The third-order valence-electron chi connectivity index (χ3n) is 4.94. The molecule has 0 radical (unpaired) electrons. The van der Waals surface area contributed by atoms with E-state index in [1.807, 2.05) is 58.9 Å². The number of halogens is 1. The average Bonchev–Trinajstić information content (AvgIpc) is 3.26. The van der Waals surface area contributed by atoms with Gasteiger partial charge in [0.1, 0.15) is 0 Å². The number of aromatic nitrogens is 3. The lowest BCUT2D eigenvalue weighted by atomic mass is 10.1. The highest BCUT2D eigenvalue weighted by atomic mass is 35.5. The van der Waals surface area contributed by atoms with Crippen LogP contribution in [-0.2, 0) is 17.8 Å². The van der Waals surface area contributed by atoms with Gasteiger partial charge in [0.05, 0.1) is 5.75 Å². The first-order valence-corrected chi connectivity index (χ1v) is 10.7. The number of hydrogen-bond acceptors (Lipinski definition) is 4. The zero-order chi connectivity index (χ0) is 19.7. The molecule has 0 bridgehead atoms. The minimum atomic E-state index is 0.0983. The third-order valence-corrected chi connectivity index (χ3v) is 6.14. The number of hydrogen-bond donors (Lipinski definition) is 0. The number of amides is 1. The number of fused-ring (bicyclic) bond motifs is 1. The summed E-state index contributed by atoms with van der Waals surface area (Å²) < 4.78 is 2.03. The lowest BCUT2D eigenvalue weighted by Gasteiger charge is -2.22. The molecule has 0 saturated heterocycles. The summed E-state index contributed by atoms with van der Waals surface area (Å²) in [6.07, 6.45) is 0.901. The van der Waals surface area contributed by atoms with Crippen LogP contribution in [0.2, 0.25) is 5.02 Å². The van der Waals surface area contributed by atoms with Crippen LogP contribution in [0.15, 0.2) is 53.7 Å². The summed E-state index contributed by atoms with van der Waals surface area (Å²) in [7, 11) is 0. The van der Waals surface area contributed by atoms with Gasteiger partial charge in [0.2, 0.25) is 5.91 Å². The topological polar surface area (TPSA) is 51.0 Å². The van der Waals surface area contributed by atoms with Crippen molar-refractivity contribution in [1.29, 1.82) is 0 Å². The average molecular weight is 413 g/mol. The molecule has 0 fully saturated rings. The number of benzene rings is 2. The molecule has 2 heterocycles. The smallest absolute Gasteiger partial charge is 0.237 e. The molecule has 28 heavy (non-hydrogen) atoms. The van der Waals surface area contributed by atoms with Gasteiger partial charge in [-0.25, -0.2) is 0 Å². The standard InChI is InChI=1S/C21H21ClN4OS/c1-3-25-20(15-8-10-17(22)11-9-15)23-24-21(25)28-13-19(27)26-14(2)12-16-6-4-5-7-18(16)26/h4-11,14H,3,12-13H2,1-2H3/t14-/m1/s1. The summed E-state index contributed by atoms with van der Waals surface area (Å²) in [6.45, 7) is 4.87. The van der Waals surface area contributed by atoms with Crippen LogP contribution < -0.4 is 4.90 Å². The number of nitrogens with zero attached hydrogens (tertiary/aromatic N) is 4. The Morgan fingerprint density at radius 1 is 1.18 bits per heavy atom. The van der Waals surface area contributed by atoms with Gasteiger partial charge in [-0.15, -0.1) is 10.2 Å². The number of carbonyl (C=O) groups excluding carboxylic acids is 1. The zero-order valence-electron chi connectivity index (χ0n) is 15.8. The van der Waals surface area contributed by atoms with Crippen molar-refractivity contribution < 1.29 is 4.79 Å². The van der Waals surface area contributed by atoms with E-state index in [0.29, 0.717) is 10.8 Å². The fourth-order valence-corrected chi connectivity index (χ4v) is 4.62. The first kappa shape index (κ1) is 19.0. The Bertz CT molecular complexity index is 1000. The summed E-state index contributed by atoms with van der Waals surface area (Å²) in [6, 6.07) is 15.9. The number of anilines is 1. The zero-order valence-corrected chi connectivity index (χ0v) is 17.4. The normalized spacial score (nSPS) is 15.7.